The SMILES string of the molecule is COc1ccc(C[C@H](Cc2ccc3c(c2)OCO3)NC(=O)Nc2ccccc2OC)cc1. The highest BCUT2D eigenvalue weighted by Crippen LogP contribution is 2.33. The molecule has 2 amide bonds. The minimum absolute atomic E-state index is 0.154. The third-order valence-electron chi connectivity index (χ3n) is 5.25. The van der Waals surface area contributed by atoms with Gasteiger partial charge in [0.25, 0.3) is 0 Å². The van der Waals surface area contributed by atoms with Crippen LogP contribution in [0.3, 0.4) is 0 Å². The average Bonchev–Trinajstić information content (AvgIpc) is 3.28. The van der Waals surface area contributed by atoms with E-state index in [1.54, 1.807) is 26.4 Å². The smallest absolute Gasteiger partial charge is 0.319 e. The molecule has 166 valence electrons. The zero-order valence-corrected chi connectivity index (χ0v) is 18.1. The number of methoxy groups -OCH3 is 2. The van der Waals surface area contributed by atoms with E-state index in [1.165, 1.54) is 0 Å². The van der Waals surface area contributed by atoms with Crippen molar-refractivity contribution in [3.63, 3.8) is 0 Å². The van der Waals surface area contributed by atoms with E-state index in [4.69, 9.17) is 18.9 Å². The highest BCUT2D eigenvalue weighted by molar-refractivity contribution is 5.91. The molecule has 1 aliphatic heterocycles. The first-order chi connectivity index (χ1) is 15.6. The van der Waals surface area contributed by atoms with E-state index in [0.29, 0.717) is 24.3 Å². The van der Waals surface area contributed by atoms with Crippen molar-refractivity contribution in [2.24, 2.45) is 0 Å². The Morgan fingerprint density at radius 1 is 0.906 bits per heavy atom. The van der Waals surface area contributed by atoms with Gasteiger partial charge in [0, 0.05) is 6.04 Å². The maximum Gasteiger partial charge on any atom is 0.319 e. The lowest BCUT2D eigenvalue weighted by molar-refractivity contribution is 0.174. The summed E-state index contributed by atoms with van der Waals surface area (Å²) >= 11 is 0. The number of nitrogens with one attached hydrogen (secondary N) is 2. The maximum atomic E-state index is 12.8. The first-order valence-electron chi connectivity index (χ1n) is 10.4. The number of para-hydroxylation sites is 2. The Balaban J connectivity index is 1.50. The summed E-state index contributed by atoms with van der Waals surface area (Å²) in [7, 11) is 3.21. The molecule has 0 aromatic heterocycles. The highest BCUT2D eigenvalue weighted by Gasteiger charge is 2.18. The van der Waals surface area contributed by atoms with Gasteiger partial charge in [-0.05, 0) is 60.4 Å². The van der Waals surface area contributed by atoms with Crippen LogP contribution in [0.4, 0.5) is 10.5 Å². The van der Waals surface area contributed by atoms with Gasteiger partial charge in [0.05, 0.1) is 19.9 Å². The lowest BCUT2D eigenvalue weighted by atomic mass is 9.98. The second kappa shape index (κ2) is 9.96. The number of carbonyl (C=O) groups excluding carboxylic acids is 1. The number of fused-ring (bicyclic) bond motifs is 1. The van der Waals surface area contributed by atoms with E-state index in [9.17, 15) is 4.79 Å². The molecule has 0 fully saturated rings. The number of urea groups is 1. The monoisotopic (exact) mass is 434 g/mol. The fourth-order valence-corrected chi connectivity index (χ4v) is 3.66. The number of benzene rings is 3. The fraction of sp³-hybridized carbons (Fsp3) is 0.240. The molecule has 0 radical (unpaired) electrons. The second-order valence-electron chi connectivity index (χ2n) is 7.44. The van der Waals surface area contributed by atoms with Crippen LogP contribution < -0.4 is 29.6 Å². The molecular formula is C25H26N2O5. The molecule has 0 bridgehead atoms. The first-order valence-corrected chi connectivity index (χ1v) is 10.4. The summed E-state index contributed by atoms with van der Waals surface area (Å²) in [4.78, 5) is 12.8. The normalized spacial score (nSPS) is 12.7. The molecule has 0 saturated carbocycles. The maximum absolute atomic E-state index is 12.8. The molecule has 0 unspecified atom stereocenters. The predicted molar refractivity (Wildman–Crippen MR) is 122 cm³/mol. The number of anilines is 1. The summed E-state index contributed by atoms with van der Waals surface area (Å²) in [5, 5.41) is 5.98. The summed E-state index contributed by atoms with van der Waals surface area (Å²) in [6.07, 6.45) is 1.28. The van der Waals surface area contributed by atoms with Gasteiger partial charge in [-0.15, -0.1) is 0 Å². The Morgan fingerprint density at radius 2 is 1.62 bits per heavy atom. The van der Waals surface area contributed by atoms with E-state index >= 15 is 0 Å². The molecule has 0 aliphatic carbocycles. The fourth-order valence-electron chi connectivity index (χ4n) is 3.66. The molecule has 32 heavy (non-hydrogen) atoms. The largest absolute Gasteiger partial charge is 0.497 e. The third-order valence-corrected chi connectivity index (χ3v) is 5.25. The zero-order valence-electron chi connectivity index (χ0n) is 18.1. The average molecular weight is 434 g/mol. The van der Waals surface area contributed by atoms with Crippen LogP contribution in [0.15, 0.2) is 66.7 Å². The van der Waals surface area contributed by atoms with Crippen LogP contribution >= 0.6 is 0 Å². The Bertz CT molecular complexity index is 1070. The lowest BCUT2D eigenvalue weighted by Crippen LogP contribution is -2.40. The predicted octanol–water partition coefficient (Wildman–Crippen LogP) is 4.41. The Morgan fingerprint density at radius 3 is 2.41 bits per heavy atom. The van der Waals surface area contributed by atoms with Crippen molar-refractivity contribution in [1.82, 2.24) is 5.32 Å². The van der Waals surface area contributed by atoms with Gasteiger partial charge in [0.2, 0.25) is 6.79 Å². The molecular weight excluding hydrogens is 408 g/mol. The van der Waals surface area contributed by atoms with Crippen molar-refractivity contribution in [2.45, 2.75) is 18.9 Å². The summed E-state index contributed by atoms with van der Waals surface area (Å²) in [6, 6.07) is 20.6. The van der Waals surface area contributed by atoms with E-state index in [2.05, 4.69) is 10.6 Å². The lowest BCUT2D eigenvalue weighted by Gasteiger charge is -2.20. The Labute approximate surface area is 187 Å². The molecule has 4 rings (SSSR count). The van der Waals surface area contributed by atoms with E-state index in [-0.39, 0.29) is 18.9 Å². The van der Waals surface area contributed by atoms with Crippen molar-refractivity contribution in [2.75, 3.05) is 26.3 Å². The van der Waals surface area contributed by atoms with Crippen LogP contribution in [-0.2, 0) is 12.8 Å². The molecule has 1 heterocycles. The number of hydrogen-bond acceptors (Lipinski definition) is 5. The Hall–Kier alpha value is -3.87. The number of amides is 2. The van der Waals surface area contributed by atoms with Crippen LogP contribution in [0.25, 0.3) is 0 Å². The van der Waals surface area contributed by atoms with Crippen LogP contribution in [0.2, 0.25) is 0 Å². The van der Waals surface area contributed by atoms with Crippen LogP contribution in [0.1, 0.15) is 11.1 Å². The summed E-state index contributed by atoms with van der Waals surface area (Å²) in [6.45, 7) is 0.230. The minimum Gasteiger partial charge on any atom is -0.497 e. The van der Waals surface area contributed by atoms with Crippen molar-refractivity contribution in [3.05, 3.63) is 77.9 Å². The van der Waals surface area contributed by atoms with Gasteiger partial charge in [-0.25, -0.2) is 4.79 Å². The molecule has 0 spiro atoms. The number of hydrogen-bond donors (Lipinski definition) is 2. The van der Waals surface area contributed by atoms with Gasteiger partial charge in [-0.3, -0.25) is 0 Å². The molecule has 0 saturated heterocycles. The van der Waals surface area contributed by atoms with Gasteiger partial charge in [-0.2, -0.15) is 0 Å². The first kappa shape index (κ1) is 21.4. The van der Waals surface area contributed by atoms with Gasteiger partial charge < -0.3 is 29.6 Å². The van der Waals surface area contributed by atoms with E-state index < -0.39 is 0 Å². The van der Waals surface area contributed by atoms with Crippen molar-refractivity contribution in [1.29, 1.82) is 0 Å². The van der Waals surface area contributed by atoms with E-state index in [0.717, 1.165) is 28.4 Å². The number of rotatable bonds is 8. The topological polar surface area (TPSA) is 78.0 Å². The summed E-state index contributed by atoms with van der Waals surface area (Å²) in [5.41, 5.74) is 2.75. The third kappa shape index (κ3) is 5.24. The molecule has 1 aliphatic rings. The molecule has 7 heteroatoms. The van der Waals surface area contributed by atoms with Crippen molar-refractivity contribution < 1.29 is 23.7 Å². The van der Waals surface area contributed by atoms with Gasteiger partial charge >= 0.3 is 6.03 Å². The van der Waals surface area contributed by atoms with Crippen molar-refractivity contribution in [3.8, 4) is 23.0 Å². The van der Waals surface area contributed by atoms with Crippen molar-refractivity contribution >= 4 is 11.7 Å². The van der Waals surface area contributed by atoms with Crippen LogP contribution in [-0.4, -0.2) is 33.1 Å². The second-order valence-corrected chi connectivity index (χ2v) is 7.44. The van der Waals surface area contributed by atoms with Gasteiger partial charge in [-0.1, -0.05) is 30.3 Å². The highest BCUT2D eigenvalue weighted by atomic mass is 16.7. The van der Waals surface area contributed by atoms with Crippen LogP contribution in [0, 0.1) is 0 Å². The standard InChI is InChI=1S/C25H26N2O5/c1-29-20-10-7-17(8-11-20)13-19(14-18-9-12-23-24(15-18)32-16-31-23)26-25(28)27-21-5-3-4-6-22(21)30-2/h3-12,15,19H,13-14,16H2,1-2H3,(H2,26,27,28)/t19-/m1/s1. The minimum atomic E-state index is -0.297. The number of carbonyl (C=O) groups is 1. The molecule has 3 aromatic carbocycles. The van der Waals surface area contributed by atoms with Gasteiger partial charge in [0.15, 0.2) is 11.5 Å². The Kier molecular flexibility index (Phi) is 6.65. The summed E-state index contributed by atoms with van der Waals surface area (Å²) < 4.78 is 21.5. The molecule has 7 nitrogen and oxygen atoms in total. The zero-order chi connectivity index (χ0) is 22.3. The van der Waals surface area contributed by atoms with Crippen LogP contribution in [0.5, 0.6) is 23.0 Å². The van der Waals surface area contributed by atoms with E-state index in [1.807, 2.05) is 54.6 Å². The molecule has 2 N–H and O–H groups in total. The quantitative estimate of drug-likeness (QED) is 0.549. The molecule has 3 aromatic rings. The number of ether oxygens (including phenoxy) is 4. The van der Waals surface area contributed by atoms with Gasteiger partial charge in [0.1, 0.15) is 11.5 Å². The summed E-state index contributed by atoms with van der Waals surface area (Å²) in [5.74, 6) is 2.86. The molecule has 1 atom stereocenters.